The second-order valence-corrected chi connectivity index (χ2v) is 18.8. The lowest BCUT2D eigenvalue weighted by molar-refractivity contribution is -0.166. The summed E-state index contributed by atoms with van der Waals surface area (Å²) >= 11 is 0. The SMILES string of the molecule is CC(C)(C)OC(=O)N1CCCC(OC(=O)c2ccc3ccccc3c2)(O[Si](C)(C)C(C)(C)C)CC1NC(=O)c1ccccc1. The summed E-state index contributed by atoms with van der Waals surface area (Å²) in [5.74, 6) is -2.28. The van der Waals surface area contributed by atoms with Gasteiger partial charge in [0.05, 0.1) is 12.0 Å². The van der Waals surface area contributed by atoms with Gasteiger partial charge >= 0.3 is 12.1 Å². The Kier molecular flexibility index (Phi) is 9.61. The third-order valence-electron chi connectivity index (χ3n) is 8.31. The van der Waals surface area contributed by atoms with Gasteiger partial charge in [0.15, 0.2) is 8.32 Å². The van der Waals surface area contributed by atoms with Crippen molar-refractivity contribution in [3.63, 3.8) is 0 Å². The number of esters is 1. The standard InChI is InChI=1S/C35H46N2O6Si/c1-33(2,3)42-32(40)37-22-14-21-35(43-44(7,8)34(4,5)6,24-29(37)36-30(38)26-16-10-9-11-17-26)41-31(39)28-20-19-25-15-12-13-18-27(25)23-28/h9-13,15-20,23,29H,14,21-22,24H2,1-8H3,(H,36,38). The lowest BCUT2D eigenvalue weighted by Gasteiger charge is -2.45. The number of nitrogens with zero attached hydrogens (tertiary/aromatic N) is 1. The van der Waals surface area contributed by atoms with E-state index < -0.39 is 37.9 Å². The largest absolute Gasteiger partial charge is 0.444 e. The highest BCUT2D eigenvalue weighted by atomic mass is 28.4. The molecule has 236 valence electrons. The third kappa shape index (κ3) is 8.06. The zero-order chi connectivity index (χ0) is 32.3. The predicted octanol–water partition coefficient (Wildman–Crippen LogP) is 7.89. The van der Waals surface area contributed by atoms with Crippen molar-refractivity contribution in [1.82, 2.24) is 10.2 Å². The zero-order valence-corrected chi connectivity index (χ0v) is 28.2. The first-order valence-electron chi connectivity index (χ1n) is 15.3. The van der Waals surface area contributed by atoms with E-state index in [0.29, 0.717) is 24.0 Å². The van der Waals surface area contributed by atoms with E-state index >= 15 is 0 Å². The maximum Gasteiger partial charge on any atom is 0.411 e. The van der Waals surface area contributed by atoms with E-state index in [1.807, 2.05) is 42.5 Å². The van der Waals surface area contributed by atoms with E-state index in [9.17, 15) is 14.4 Å². The number of hydrogen-bond acceptors (Lipinski definition) is 6. The molecule has 1 aliphatic heterocycles. The van der Waals surface area contributed by atoms with Crippen molar-refractivity contribution >= 4 is 37.1 Å². The summed E-state index contributed by atoms with van der Waals surface area (Å²) in [5, 5.41) is 4.78. The summed E-state index contributed by atoms with van der Waals surface area (Å²) in [5.41, 5.74) is 0.110. The number of benzene rings is 3. The van der Waals surface area contributed by atoms with Crippen LogP contribution in [-0.4, -0.2) is 55.3 Å². The lowest BCUT2D eigenvalue weighted by atomic mass is 10.0. The highest BCUT2D eigenvalue weighted by Gasteiger charge is 2.51. The predicted molar refractivity (Wildman–Crippen MR) is 175 cm³/mol. The molecule has 8 nitrogen and oxygen atoms in total. The Bertz CT molecular complexity index is 1490. The van der Waals surface area contributed by atoms with E-state index in [2.05, 4.69) is 39.2 Å². The maximum atomic E-state index is 13.9. The number of rotatable bonds is 6. The average molecular weight is 619 g/mol. The van der Waals surface area contributed by atoms with Gasteiger partial charge in [-0.2, -0.15) is 0 Å². The molecular formula is C35H46N2O6Si. The summed E-state index contributed by atoms with van der Waals surface area (Å²) in [6, 6.07) is 22.1. The molecular weight excluding hydrogens is 572 g/mol. The topological polar surface area (TPSA) is 94.2 Å². The van der Waals surface area contributed by atoms with Crippen molar-refractivity contribution in [3.05, 3.63) is 83.9 Å². The van der Waals surface area contributed by atoms with E-state index in [-0.39, 0.29) is 23.9 Å². The molecule has 1 aliphatic rings. The van der Waals surface area contributed by atoms with E-state index in [4.69, 9.17) is 13.9 Å². The molecule has 3 aromatic carbocycles. The van der Waals surface area contributed by atoms with Crippen LogP contribution in [0.1, 0.15) is 81.5 Å². The molecule has 0 spiro atoms. The zero-order valence-electron chi connectivity index (χ0n) is 27.2. The van der Waals surface area contributed by atoms with Crippen LogP contribution >= 0.6 is 0 Å². The molecule has 3 aromatic rings. The first-order chi connectivity index (χ1) is 20.5. The van der Waals surface area contributed by atoms with Crippen molar-refractivity contribution < 1.29 is 28.3 Å². The summed E-state index contributed by atoms with van der Waals surface area (Å²) in [7, 11) is -2.54. The first-order valence-corrected chi connectivity index (χ1v) is 18.2. The summed E-state index contributed by atoms with van der Waals surface area (Å²) in [6.07, 6.45) is -0.572. The molecule has 0 saturated carbocycles. The highest BCUT2D eigenvalue weighted by molar-refractivity contribution is 6.74. The number of likely N-dealkylation sites (tertiary alicyclic amines) is 1. The molecule has 1 heterocycles. The molecule has 0 aromatic heterocycles. The minimum atomic E-state index is -2.54. The van der Waals surface area contributed by atoms with Crippen LogP contribution in [0, 0.1) is 0 Å². The van der Waals surface area contributed by atoms with Gasteiger partial charge < -0.3 is 19.2 Å². The molecule has 2 atom stereocenters. The lowest BCUT2D eigenvalue weighted by Crippen LogP contribution is -2.57. The molecule has 0 aliphatic carbocycles. The Morgan fingerprint density at radius 1 is 0.864 bits per heavy atom. The van der Waals surface area contributed by atoms with Crippen LogP contribution < -0.4 is 5.32 Å². The molecule has 44 heavy (non-hydrogen) atoms. The Hall–Kier alpha value is -3.69. The first kappa shape index (κ1) is 33.2. The second kappa shape index (κ2) is 12.7. The van der Waals surface area contributed by atoms with Gasteiger partial charge in [0, 0.05) is 18.5 Å². The summed E-state index contributed by atoms with van der Waals surface area (Å²) < 4.78 is 19.2. The molecule has 1 fully saturated rings. The normalized spacial score (nSPS) is 19.6. The van der Waals surface area contributed by atoms with Crippen LogP contribution in [0.15, 0.2) is 72.8 Å². The molecule has 1 saturated heterocycles. The van der Waals surface area contributed by atoms with Crippen molar-refractivity contribution in [2.45, 2.75) is 96.5 Å². The van der Waals surface area contributed by atoms with Gasteiger partial charge in [-0.05, 0) is 80.4 Å². The van der Waals surface area contributed by atoms with Gasteiger partial charge in [0.25, 0.3) is 5.91 Å². The Morgan fingerprint density at radius 3 is 2.14 bits per heavy atom. The number of nitrogens with one attached hydrogen (secondary N) is 1. The number of carbonyl (C=O) groups excluding carboxylic acids is 3. The second-order valence-electron chi connectivity index (χ2n) is 14.1. The quantitative estimate of drug-likeness (QED) is 0.172. The third-order valence-corrected chi connectivity index (χ3v) is 12.8. The van der Waals surface area contributed by atoms with Gasteiger partial charge in [0.2, 0.25) is 5.79 Å². The van der Waals surface area contributed by atoms with Crippen molar-refractivity contribution in [1.29, 1.82) is 0 Å². The number of hydrogen-bond donors (Lipinski definition) is 1. The van der Waals surface area contributed by atoms with Gasteiger partial charge in [-0.3, -0.25) is 9.69 Å². The van der Waals surface area contributed by atoms with Crippen LogP contribution in [0.3, 0.4) is 0 Å². The number of carbonyl (C=O) groups is 3. The molecule has 0 radical (unpaired) electrons. The smallest absolute Gasteiger partial charge is 0.411 e. The number of amides is 2. The van der Waals surface area contributed by atoms with E-state index in [1.54, 1.807) is 51.1 Å². The van der Waals surface area contributed by atoms with Gasteiger partial charge in [-0.25, -0.2) is 9.59 Å². The van der Waals surface area contributed by atoms with Crippen LogP contribution in [0.25, 0.3) is 10.8 Å². The van der Waals surface area contributed by atoms with Crippen LogP contribution in [0.5, 0.6) is 0 Å². The van der Waals surface area contributed by atoms with Crippen LogP contribution in [0.2, 0.25) is 18.1 Å². The van der Waals surface area contributed by atoms with Crippen molar-refractivity contribution in [3.8, 4) is 0 Å². The van der Waals surface area contributed by atoms with Gasteiger partial charge in [-0.1, -0.05) is 69.3 Å². The fourth-order valence-corrected chi connectivity index (χ4v) is 6.51. The minimum absolute atomic E-state index is 0.0383. The fourth-order valence-electron chi connectivity index (χ4n) is 5.04. The Morgan fingerprint density at radius 2 is 1.50 bits per heavy atom. The molecule has 2 amide bonds. The highest BCUT2D eigenvalue weighted by Crippen LogP contribution is 2.43. The number of ether oxygens (including phenoxy) is 2. The average Bonchev–Trinajstić information content (AvgIpc) is 3.10. The van der Waals surface area contributed by atoms with Crippen LogP contribution in [0.4, 0.5) is 4.79 Å². The van der Waals surface area contributed by atoms with Crippen LogP contribution in [-0.2, 0) is 13.9 Å². The van der Waals surface area contributed by atoms with Gasteiger partial charge in [-0.15, -0.1) is 0 Å². The minimum Gasteiger partial charge on any atom is -0.444 e. The van der Waals surface area contributed by atoms with Gasteiger partial charge in [0.1, 0.15) is 11.8 Å². The molecule has 0 bridgehead atoms. The molecule has 1 N–H and O–H groups in total. The Labute approximate surface area is 262 Å². The number of fused-ring (bicyclic) bond motifs is 1. The fraction of sp³-hybridized carbons (Fsp3) is 0.457. The molecule has 9 heteroatoms. The molecule has 2 unspecified atom stereocenters. The summed E-state index contributed by atoms with van der Waals surface area (Å²) in [6.45, 7) is 16.3. The van der Waals surface area contributed by atoms with Crippen molar-refractivity contribution in [2.24, 2.45) is 0 Å². The monoisotopic (exact) mass is 618 g/mol. The molecule has 4 rings (SSSR count). The Balaban J connectivity index is 1.75. The van der Waals surface area contributed by atoms with E-state index in [0.717, 1.165) is 10.8 Å². The summed E-state index contributed by atoms with van der Waals surface area (Å²) in [4.78, 5) is 42.4. The van der Waals surface area contributed by atoms with Crippen molar-refractivity contribution in [2.75, 3.05) is 6.54 Å². The maximum absolute atomic E-state index is 13.9. The van der Waals surface area contributed by atoms with E-state index in [1.165, 1.54) is 4.90 Å².